The second-order valence-electron chi connectivity index (χ2n) is 9.17. The molecule has 2 heterocycles. The summed E-state index contributed by atoms with van der Waals surface area (Å²) in [5.74, 6) is -1.11. The Morgan fingerprint density at radius 3 is 2.54 bits per heavy atom. The molecule has 0 aliphatic carbocycles. The number of thiazole rings is 1. The van der Waals surface area contributed by atoms with Gasteiger partial charge in [0.05, 0.1) is 17.1 Å². The Bertz CT molecular complexity index is 1150. The Hall–Kier alpha value is -3.18. The van der Waals surface area contributed by atoms with Crippen LogP contribution >= 0.6 is 22.9 Å². The second kappa shape index (κ2) is 12.4. The van der Waals surface area contributed by atoms with Crippen molar-refractivity contribution < 1.29 is 28.7 Å². The van der Waals surface area contributed by atoms with E-state index in [1.807, 2.05) is 0 Å². The largest absolute Gasteiger partial charge is 0.476 e. The minimum atomic E-state index is -1.08. The highest BCUT2D eigenvalue weighted by Gasteiger charge is 2.37. The summed E-state index contributed by atoms with van der Waals surface area (Å²) < 4.78 is 10.4. The van der Waals surface area contributed by atoms with Gasteiger partial charge in [0.2, 0.25) is 5.91 Å². The van der Waals surface area contributed by atoms with Crippen LogP contribution in [0.1, 0.15) is 55.0 Å². The van der Waals surface area contributed by atoms with Crippen LogP contribution in [0, 0.1) is 0 Å². The van der Waals surface area contributed by atoms with Crippen molar-refractivity contribution in [1.29, 1.82) is 0 Å². The number of para-hydroxylation sites is 1. The van der Waals surface area contributed by atoms with Crippen LogP contribution in [0.25, 0.3) is 0 Å². The number of amides is 3. The highest BCUT2D eigenvalue weighted by molar-refractivity contribution is 7.09. The number of hydrogen-bond donors (Lipinski definition) is 2. The third-order valence-electron chi connectivity index (χ3n) is 5.98. The summed E-state index contributed by atoms with van der Waals surface area (Å²) >= 11 is 7.56. The van der Waals surface area contributed by atoms with E-state index in [4.69, 9.17) is 16.3 Å². The number of carbonyl (C=O) groups is 4. The average molecular weight is 551 g/mol. The molecule has 1 aliphatic rings. The van der Waals surface area contributed by atoms with Crippen molar-refractivity contribution in [2.24, 2.45) is 0 Å². The van der Waals surface area contributed by atoms with Crippen LogP contribution in [0.15, 0.2) is 29.6 Å². The van der Waals surface area contributed by atoms with Gasteiger partial charge in [-0.05, 0) is 45.7 Å². The molecule has 1 atom stereocenters. The van der Waals surface area contributed by atoms with Crippen LogP contribution in [-0.4, -0.2) is 72.0 Å². The fourth-order valence-corrected chi connectivity index (χ4v) is 5.00. The molecule has 0 bridgehead atoms. The van der Waals surface area contributed by atoms with Gasteiger partial charge in [-0.25, -0.2) is 4.98 Å². The van der Waals surface area contributed by atoms with Gasteiger partial charge in [0.25, 0.3) is 11.8 Å². The van der Waals surface area contributed by atoms with E-state index in [2.05, 4.69) is 20.4 Å². The summed E-state index contributed by atoms with van der Waals surface area (Å²) in [6, 6.07) is 6.19. The number of rotatable bonds is 9. The zero-order valence-electron chi connectivity index (χ0n) is 21.2. The van der Waals surface area contributed by atoms with E-state index >= 15 is 0 Å². The quantitative estimate of drug-likeness (QED) is 0.460. The van der Waals surface area contributed by atoms with Gasteiger partial charge in [0.1, 0.15) is 24.0 Å². The van der Waals surface area contributed by atoms with Crippen LogP contribution in [-0.2, 0) is 19.1 Å². The highest BCUT2D eigenvalue weighted by Crippen LogP contribution is 2.33. The van der Waals surface area contributed by atoms with E-state index in [1.165, 1.54) is 25.4 Å². The zero-order valence-corrected chi connectivity index (χ0v) is 22.8. The van der Waals surface area contributed by atoms with E-state index in [9.17, 15) is 19.2 Å². The van der Waals surface area contributed by atoms with E-state index in [0.29, 0.717) is 36.7 Å². The molecule has 2 N–H and O–H groups in total. The van der Waals surface area contributed by atoms with Gasteiger partial charge in [-0.15, -0.1) is 11.3 Å². The maximum absolute atomic E-state index is 13.2. The van der Waals surface area contributed by atoms with Gasteiger partial charge in [0.15, 0.2) is 5.60 Å². The molecule has 0 spiro atoms. The van der Waals surface area contributed by atoms with E-state index in [1.54, 1.807) is 48.4 Å². The Labute approximate surface area is 224 Å². The van der Waals surface area contributed by atoms with Crippen molar-refractivity contribution in [1.82, 2.24) is 20.5 Å². The van der Waals surface area contributed by atoms with Gasteiger partial charge < -0.3 is 25.0 Å². The molecule has 10 nitrogen and oxygen atoms in total. The monoisotopic (exact) mass is 550 g/mol. The number of methoxy groups -OCH3 is 1. The predicted molar refractivity (Wildman–Crippen MR) is 139 cm³/mol. The number of likely N-dealkylation sites (tertiary alicyclic amines) is 1. The number of aromatic nitrogens is 1. The van der Waals surface area contributed by atoms with Gasteiger partial charge in [-0.3, -0.25) is 19.2 Å². The molecule has 1 saturated heterocycles. The number of esters is 1. The van der Waals surface area contributed by atoms with Crippen molar-refractivity contribution in [3.8, 4) is 5.75 Å². The summed E-state index contributed by atoms with van der Waals surface area (Å²) in [6.07, 6.45) is 1.41. The molecule has 0 saturated carbocycles. The number of piperidine rings is 1. The lowest BCUT2D eigenvalue weighted by Gasteiger charge is -2.36. The summed E-state index contributed by atoms with van der Waals surface area (Å²) in [5.41, 5.74) is -0.857. The van der Waals surface area contributed by atoms with Gasteiger partial charge in [0, 0.05) is 24.4 Å². The van der Waals surface area contributed by atoms with Crippen molar-refractivity contribution >= 4 is 46.6 Å². The molecule has 1 fully saturated rings. The van der Waals surface area contributed by atoms with Crippen LogP contribution in [0.2, 0.25) is 5.02 Å². The Morgan fingerprint density at radius 2 is 1.89 bits per heavy atom. The minimum Gasteiger partial charge on any atom is -0.476 e. The number of carbonyl (C=O) groups excluding carboxylic acids is 4. The molecule has 200 valence electrons. The van der Waals surface area contributed by atoms with Crippen LogP contribution in [0.3, 0.4) is 0 Å². The molecule has 1 aliphatic heterocycles. The van der Waals surface area contributed by atoms with E-state index in [0.717, 1.165) is 5.01 Å². The number of ether oxygens (including phenoxy) is 2. The summed E-state index contributed by atoms with van der Waals surface area (Å²) in [5, 5.41) is 7.89. The lowest BCUT2D eigenvalue weighted by Crippen LogP contribution is -2.51. The molecule has 0 radical (unpaired) electrons. The number of nitrogens with one attached hydrogen (secondary N) is 2. The number of hydrogen-bond acceptors (Lipinski definition) is 8. The second-order valence-corrected chi connectivity index (χ2v) is 10.5. The Balaban J connectivity index is 1.51. The molecular weight excluding hydrogens is 520 g/mol. The normalized spacial score (nSPS) is 15.0. The predicted octanol–water partition coefficient (Wildman–Crippen LogP) is 2.77. The maximum Gasteiger partial charge on any atom is 0.325 e. The number of halogens is 1. The maximum atomic E-state index is 13.2. The first kappa shape index (κ1) is 28.4. The topological polar surface area (TPSA) is 127 Å². The summed E-state index contributed by atoms with van der Waals surface area (Å²) in [4.78, 5) is 55.2. The van der Waals surface area contributed by atoms with Gasteiger partial charge >= 0.3 is 5.97 Å². The van der Waals surface area contributed by atoms with Gasteiger partial charge in [-0.1, -0.05) is 23.7 Å². The van der Waals surface area contributed by atoms with Crippen molar-refractivity contribution in [3.05, 3.63) is 45.4 Å². The number of nitrogens with zero attached hydrogens (tertiary/aromatic N) is 2. The fourth-order valence-electron chi connectivity index (χ4n) is 3.86. The fraction of sp³-hybridized carbons (Fsp3) is 0.480. The highest BCUT2D eigenvalue weighted by atomic mass is 35.5. The van der Waals surface area contributed by atoms with Crippen LogP contribution in [0.4, 0.5) is 0 Å². The van der Waals surface area contributed by atoms with Crippen molar-refractivity contribution in [3.63, 3.8) is 0 Å². The van der Waals surface area contributed by atoms with Crippen LogP contribution in [0.5, 0.6) is 5.75 Å². The molecule has 1 aromatic carbocycles. The smallest absolute Gasteiger partial charge is 0.325 e. The zero-order chi connectivity index (χ0) is 27.2. The molecule has 12 heteroatoms. The molecular formula is C25H31ClN4O6S. The number of benzene rings is 1. The lowest BCUT2D eigenvalue weighted by atomic mass is 9.96. The van der Waals surface area contributed by atoms with Crippen molar-refractivity contribution in [2.45, 2.75) is 51.2 Å². The molecule has 3 amide bonds. The summed E-state index contributed by atoms with van der Waals surface area (Å²) in [7, 11) is 1.22. The third-order valence-corrected chi connectivity index (χ3v) is 7.30. The Morgan fingerprint density at radius 1 is 1.22 bits per heavy atom. The first-order valence-electron chi connectivity index (χ1n) is 11.9. The van der Waals surface area contributed by atoms with E-state index in [-0.39, 0.29) is 24.1 Å². The average Bonchev–Trinajstić information content (AvgIpc) is 3.38. The van der Waals surface area contributed by atoms with Crippen molar-refractivity contribution in [2.75, 3.05) is 26.7 Å². The summed E-state index contributed by atoms with van der Waals surface area (Å²) in [6.45, 7) is 5.78. The SMILES string of the molecule is COC(=O)CNC(=O)C(C)NC(=O)c1csc(C2CCN(C(=O)C(C)(C)Oc3ccccc3Cl)CC2)n1. The molecule has 3 rings (SSSR count). The third kappa shape index (κ3) is 7.42. The Kier molecular flexibility index (Phi) is 9.50. The molecule has 37 heavy (non-hydrogen) atoms. The minimum absolute atomic E-state index is 0.115. The molecule has 1 aromatic heterocycles. The standard InChI is InChI=1S/C25H31ClN4O6S/c1-15(21(32)27-13-20(31)35-4)28-22(33)18-14-37-23(29-18)16-9-11-30(12-10-16)24(34)25(2,3)36-19-8-6-5-7-17(19)26/h5-8,14-16H,9-13H2,1-4H3,(H,27,32)(H,28,33). The molecule has 2 aromatic rings. The molecule has 1 unspecified atom stereocenters. The lowest BCUT2D eigenvalue weighted by molar-refractivity contribution is -0.146. The first-order chi connectivity index (χ1) is 17.5. The van der Waals surface area contributed by atoms with E-state index < -0.39 is 29.4 Å². The first-order valence-corrected chi connectivity index (χ1v) is 13.1. The van der Waals surface area contributed by atoms with Crippen LogP contribution < -0.4 is 15.4 Å². The van der Waals surface area contributed by atoms with Gasteiger partial charge in [-0.2, -0.15) is 0 Å².